The zero-order valence-corrected chi connectivity index (χ0v) is 9.46. The highest BCUT2D eigenvalue weighted by Crippen LogP contribution is 2.24. The Morgan fingerprint density at radius 1 is 1.41 bits per heavy atom. The number of aromatic nitrogens is 1. The maximum atomic E-state index is 12.0. The van der Waals surface area contributed by atoms with Gasteiger partial charge >= 0.3 is 18.1 Å². The van der Waals surface area contributed by atoms with E-state index in [2.05, 4.69) is 20.9 Å². The summed E-state index contributed by atoms with van der Waals surface area (Å²) in [5.41, 5.74) is -0.801. The molecule has 0 saturated heterocycles. The maximum absolute atomic E-state index is 12.0. The topological polar surface area (TPSA) is 79.3 Å². The Bertz CT molecular complexity index is 476. The lowest BCUT2D eigenvalue weighted by molar-refractivity contribution is -0.167. The number of hydrogen-bond acceptors (Lipinski definition) is 3. The first-order chi connectivity index (χ1) is 7.71. The fourth-order valence-electron chi connectivity index (χ4n) is 0.845. The Balaban J connectivity index is 3.02. The molecular formula is C8H4BrF3N2O3. The average molecular weight is 313 g/mol. The summed E-state index contributed by atoms with van der Waals surface area (Å²) >= 11 is 2.84. The van der Waals surface area contributed by atoms with Gasteiger partial charge in [0.15, 0.2) is 0 Å². The molecule has 2 N–H and O–H groups in total. The molecule has 0 aliphatic carbocycles. The van der Waals surface area contributed by atoms with Crippen LogP contribution in [0.1, 0.15) is 10.5 Å². The van der Waals surface area contributed by atoms with Crippen molar-refractivity contribution in [3.63, 3.8) is 0 Å². The number of hydrogen-bond donors (Lipinski definition) is 2. The number of carbonyl (C=O) groups is 2. The molecule has 0 bridgehead atoms. The van der Waals surface area contributed by atoms with Crippen LogP contribution >= 0.6 is 15.9 Å². The minimum atomic E-state index is -5.05. The van der Waals surface area contributed by atoms with E-state index < -0.39 is 23.7 Å². The molecule has 1 rings (SSSR count). The van der Waals surface area contributed by atoms with Crippen molar-refractivity contribution >= 4 is 33.5 Å². The predicted molar refractivity (Wildman–Crippen MR) is 53.6 cm³/mol. The largest absolute Gasteiger partial charge is 0.477 e. The number of alkyl halides is 3. The van der Waals surface area contributed by atoms with Gasteiger partial charge in [0, 0.05) is 6.20 Å². The van der Waals surface area contributed by atoms with Gasteiger partial charge in [0.05, 0.1) is 10.2 Å². The van der Waals surface area contributed by atoms with E-state index in [1.54, 1.807) is 0 Å². The van der Waals surface area contributed by atoms with E-state index in [0.29, 0.717) is 0 Å². The van der Waals surface area contributed by atoms with Crippen LogP contribution in [0.2, 0.25) is 0 Å². The molecule has 0 radical (unpaired) electrons. The molecule has 0 aliphatic rings. The Morgan fingerprint density at radius 2 is 2.00 bits per heavy atom. The van der Waals surface area contributed by atoms with Crippen molar-refractivity contribution in [2.24, 2.45) is 0 Å². The molecule has 0 atom stereocenters. The van der Waals surface area contributed by atoms with Gasteiger partial charge in [0.2, 0.25) is 0 Å². The second kappa shape index (κ2) is 4.70. The number of nitrogens with one attached hydrogen (secondary N) is 1. The molecular weight excluding hydrogens is 309 g/mol. The van der Waals surface area contributed by atoms with Gasteiger partial charge in [-0.15, -0.1) is 0 Å². The zero-order valence-electron chi connectivity index (χ0n) is 7.88. The molecule has 0 aromatic carbocycles. The van der Waals surface area contributed by atoms with E-state index in [9.17, 15) is 22.8 Å². The van der Waals surface area contributed by atoms with Crippen LogP contribution in [-0.2, 0) is 4.79 Å². The summed E-state index contributed by atoms with van der Waals surface area (Å²) in [7, 11) is 0. The van der Waals surface area contributed by atoms with Crippen molar-refractivity contribution in [1.82, 2.24) is 4.98 Å². The number of nitrogens with zero attached hydrogens (tertiary/aromatic N) is 1. The van der Waals surface area contributed by atoms with E-state index in [1.807, 2.05) is 0 Å². The number of carboxylic acids is 1. The molecule has 1 aromatic rings. The average Bonchev–Trinajstić information content (AvgIpc) is 2.19. The molecule has 0 spiro atoms. The van der Waals surface area contributed by atoms with Gasteiger partial charge in [-0.3, -0.25) is 4.79 Å². The van der Waals surface area contributed by atoms with Crippen LogP contribution in [0.5, 0.6) is 0 Å². The quantitative estimate of drug-likeness (QED) is 0.876. The molecule has 0 fully saturated rings. The Morgan fingerprint density at radius 3 is 2.47 bits per heavy atom. The molecule has 1 amide bonds. The van der Waals surface area contributed by atoms with E-state index in [-0.39, 0.29) is 10.2 Å². The van der Waals surface area contributed by atoms with Crippen molar-refractivity contribution in [2.45, 2.75) is 6.18 Å². The highest BCUT2D eigenvalue weighted by Gasteiger charge is 2.39. The Labute approximate surface area is 101 Å². The molecule has 5 nitrogen and oxygen atoms in total. The monoisotopic (exact) mass is 312 g/mol. The first-order valence-electron chi connectivity index (χ1n) is 3.99. The molecule has 1 heterocycles. The van der Waals surface area contributed by atoms with Crippen LogP contribution in [0.4, 0.5) is 18.9 Å². The molecule has 0 saturated carbocycles. The van der Waals surface area contributed by atoms with Gasteiger partial charge in [-0.25, -0.2) is 9.78 Å². The lowest BCUT2D eigenvalue weighted by Gasteiger charge is -2.09. The van der Waals surface area contributed by atoms with Crippen LogP contribution in [-0.4, -0.2) is 28.1 Å². The van der Waals surface area contributed by atoms with Crippen molar-refractivity contribution in [2.75, 3.05) is 5.32 Å². The van der Waals surface area contributed by atoms with E-state index in [0.717, 1.165) is 12.3 Å². The Kier molecular flexibility index (Phi) is 3.71. The predicted octanol–water partition coefficient (Wildman–Crippen LogP) is 2.04. The highest BCUT2D eigenvalue weighted by molar-refractivity contribution is 9.10. The van der Waals surface area contributed by atoms with Crippen LogP contribution in [0, 0.1) is 0 Å². The number of carbonyl (C=O) groups excluding carboxylic acids is 1. The van der Waals surface area contributed by atoms with Gasteiger partial charge in [0.1, 0.15) is 5.69 Å². The van der Waals surface area contributed by atoms with Crippen molar-refractivity contribution < 1.29 is 27.9 Å². The van der Waals surface area contributed by atoms with Gasteiger partial charge in [-0.1, -0.05) is 0 Å². The molecule has 0 aliphatic heterocycles. The summed E-state index contributed by atoms with van der Waals surface area (Å²) in [5, 5.41) is 10.1. The standard InChI is InChI=1S/C8H4BrF3N2O3/c9-3-2-13-5(6(15)16)1-4(3)14-7(17)8(10,11)12/h1-2H,(H,15,16)(H,13,14,17). The molecule has 9 heteroatoms. The van der Waals surface area contributed by atoms with Crippen LogP contribution in [0.3, 0.4) is 0 Å². The summed E-state index contributed by atoms with van der Waals surface area (Å²) in [6, 6.07) is 0.816. The fraction of sp³-hybridized carbons (Fsp3) is 0.125. The lowest BCUT2D eigenvalue weighted by Crippen LogP contribution is -2.30. The van der Waals surface area contributed by atoms with Gasteiger partial charge in [-0.05, 0) is 22.0 Å². The van der Waals surface area contributed by atoms with Gasteiger partial charge in [-0.2, -0.15) is 13.2 Å². The first kappa shape index (κ1) is 13.4. The van der Waals surface area contributed by atoms with E-state index in [4.69, 9.17) is 5.11 Å². The number of amides is 1. The molecule has 17 heavy (non-hydrogen) atoms. The number of rotatable bonds is 2. The third-order valence-electron chi connectivity index (χ3n) is 1.58. The van der Waals surface area contributed by atoms with Crippen molar-refractivity contribution in [3.8, 4) is 0 Å². The minimum absolute atomic E-state index is 0.0418. The maximum Gasteiger partial charge on any atom is 0.471 e. The second-order valence-corrected chi connectivity index (χ2v) is 3.66. The smallest absolute Gasteiger partial charge is 0.471 e. The van der Waals surface area contributed by atoms with Gasteiger partial charge in [0.25, 0.3) is 0 Å². The number of carboxylic acid groups (broad SMARTS) is 1. The first-order valence-corrected chi connectivity index (χ1v) is 4.78. The zero-order chi connectivity index (χ0) is 13.2. The summed E-state index contributed by atoms with van der Waals surface area (Å²) in [5.74, 6) is -3.61. The summed E-state index contributed by atoms with van der Waals surface area (Å²) in [4.78, 5) is 24.6. The third kappa shape index (κ3) is 3.41. The fourth-order valence-corrected chi connectivity index (χ4v) is 1.16. The van der Waals surface area contributed by atoms with Crippen LogP contribution in [0.15, 0.2) is 16.7 Å². The van der Waals surface area contributed by atoms with Crippen LogP contribution < -0.4 is 5.32 Å². The van der Waals surface area contributed by atoms with Crippen molar-refractivity contribution in [3.05, 3.63) is 22.4 Å². The van der Waals surface area contributed by atoms with Crippen LogP contribution in [0.25, 0.3) is 0 Å². The SMILES string of the molecule is O=C(O)c1cc(NC(=O)C(F)(F)F)c(Br)cn1. The van der Waals surface area contributed by atoms with Gasteiger partial charge < -0.3 is 10.4 Å². The second-order valence-electron chi connectivity index (χ2n) is 2.81. The van der Waals surface area contributed by atoms with Crippen molar-refractivity contribution in [1.29, 1.82) is 0 Å². The minimum Gasteiger partial charge on any atom is -0.477 e. The molecule has 1 aromatic heterocycles. The number of pyridine rings is 1. The molecule has 92 valence electrons. The van der Waals surface area contributed by atoms with E-state index in [1.165, 1.54) is 5.32 Å². The third-order valence-corrected chi connectivity index (χ3v) is 2.21. The summed E-state index contributed by atoms with van der Waals surface area (Å²) < 4.78 is 35.9. The summed E-state index contributed by atoms with van der Waals surface area (Å²) in [6.07, 6.45) is -4.07. The lowest BCUT2D eigenvalue weighted by atomic mass is 10.3. The highest BCUT2D eigenvalue weighted by atomic mass is 79.9. The normalized spacial score (nSPS) is 11.1. The van der Waals surface area contributed by atoms with E-state index >= 15 is 0 Å². The molecule has 0 unspecified atom stereocenters. The summed E-state index contributed by atoms with van der Waals surface area (Å²) in [6.45, 7) is 0. The number of aromatic carboxylic acids is 1. The number of halogens is 4. The number of anilines is 1. The Hall–Kier alpha value is -1.64.